The van der Waals surface area contributed by atoms with Crippen LogP contribution >= 0.6 is 0 Å². The van der Waals surface area contributed by atoms with Gasteiger partial charge in [-0.2, -0.15) is 0 Å². The predicted octanol–water partition coefficient (Wildman–Crippen LogP) is 3.22. The van der Waals surface area contributed by atoms with Gasteiger partial charge >= 0.3 is 0 Å². The third kappa shape index (κ3) is 5.21. The van der Waals surface area contributed by atoms with Crippen LogP contribution in [-0.4, -0.2) is 67.1 Å². The van der Waals surface area contributed by atoms with Gasteiger partial charge in [0.05, 0.1) is 0 Å². The van der Waals surface area contributed by atoms with E-state index in [0.717, 1.165) is 57.8 Å². The van der Waals surface area contributed by atoms with Crippen molar-refractivity contribution in [3.05, 3.63) is 65.7 Å². The first-order valence-corrected chi connectivity index (χ1v) is 11.2. The maximum Gasteiger partial charge on any atom is 0.251 e. The van der Waals surface area contributed by atoms with Gasteiger partial charge in [0.15, 0.2) is 0 Å². The zero-order valence-electron chi connectivity index (χ0n) is 18.3. The fourth-order valence-corrected chi connectivity index (χ4v) is 4.52. The number of nitrogens with one attached hydrogen (secondary N) is 1. The Morgan fingerprint density at radius 1 is 0.967 bits per heavy atom. The largest absolute Gasteiger partial charge is 0.369 e. The summed E-state index contributed by atoms with van der Waals surface area (Å²) in [6, 6.07) is 19.5. The van der Waals surface area contributed by atoms with E-state index in [4.69, 9.17) is 0 Å². The molecule has 30 heavy (non-hydrogen) atoms. The van der Waals surface area contributed by atoms with Crippen LogP contribution < -0.4 is 10.2 Å². The number of hydrogen-bond donors (Lipinski definition) is 1. The van der Waals surface area contributed by atoms with E-state index in [0.29, 0.717) is 6.04 Å². The van der Waals surface area contributed by atoms with Crippen LogP contribution in [0.2, 0.25) is 0 Å². The van der Waals surface area contributed by atoms with E-state index in [-0.39, 0.29) is 11.9 Å². The van der Waals surface area contributed by atoms with E-state index in [9.17, 15) is 4.79 Å². The van der Waals surface area contributed by atoms with Crippen LogP contribution in [0, 0.1) is 0 Å². The maximum atomic E-state index is 12.7. The number of carbonyl (C=O) groups excluding carboxylic acids is 1. The smallest absolute Gasteiger partial charge is 0.251 e. The number of hydrogen-bond acceptors (Lipinski definition) is 4. The highest BCUT2D eigenvalue weighted by Gasteiger charge is 2.24. The molecule has 2 aromatic rings. The Balaban J connectivity index is 1.26. The van der Waals surface area contributed by atoms with Crippen LogP contribution in [0.25, 0.3) is 0 Å². The Morgan fingerprint density at radius 2 is 1.67 bits per heavy atom. The molecule has 1 N–H and O–H groups in total. The fraction of sp³-hybridized carbons (Fsp3) is 0.480. The Hall–Kier alpha value is -2.37. The summed E-state index contributed by atoms with van der Waals surface area (Å²) in [6.07, 6.45) is 1.01. The summed E-state index contributed by atoms with van der Waals surface area (Å²) in [5.41, 5.74) is 3.29. The van der Waals surface area contributed by atoms with E-state index in [1.807, 2.05) is 18.2 Å². The van der Waals surface area contributed by atoms with E-state index < -0.39 is 0 Å². The highest BCUT2D eigenvalue weighted by Crippen LogP contribution is 2.19. The third-order valence-electron chi connectivity index (χ3n) is 6.40. The standard InChI is InChI=1S/C25H34N4O/c1-20(2)28-14-16-29(17-15-28)24-10-8-22(9-11-24)25(30)26-23-12-13-27(19-23)18-21-6-4-3-5-7-21/h3-11,20,23H,12-19H2,1-2H3,(H,26,30). The summed E-state index contributed by atoms with van der Waals surface area (Å²) >= 11 is 0. The SMILES string of the molecule is CC(C)N1CCN(c2ccc(C(=O)NC3CCN(Cc4ccccc4)C3)cc2)CC1. The zero-order valence-corrected chi connectivity index (χ0v) is 18.3. The van der Waals surface area contributed by atoms with Gasteiger partial charge in [0.1, 0.15) is 0 Å². The number of piperazine rings is 1. The quantitative estimate of drug-likeness (QED) is 0.800. The van der Waals surface area contributed by atoms with Gasteiger partial charge in [-0.15, -0.1) is 0 Å². The van der Waals surface area contributed by atoms with E-state index >= 15 is 0 Å². The summed E-state index contributed by atoms with van der Waals surface area (Å²) in [6.45, 7) is 11.7. The van der Waals surface area contributed by atoms with Crippen LogP contribution in [0.1, 0.15) is 36.2 Å². The molecule has 0 aromatic heterocycles. The molecule has 0 spiro atoms. The van der Waals surface area contributed by atoms with Crippen molar-refractivity contribution in [3.8, 4) is 0 Å². The van der Waals surface area contributed by atoms with Crippen LogP contribution in [0.4, 0.5) is 5.69 Å². The van der Waals surface area contributed by atoms with E-state index in [1.165, 1.54) is 11.3 Å². The molecular weight excluding hydrogens is 372 g/mol. The van der Waals surface area contributed by atoms with Gasteiger partial charge < -0.3 is 10.2 Å². The molecule has 0 saturated carbocycles. The van der Waals surface area contributed by atoms with Crippen molar-refractivity contribution in [2.45, 2.75) is 38.9 Å². The highest BCUT2D eigenvalue weighted by molar-refractivity contribution is 5.94. The van der Waals surface area contributed by atoms with E-state index in [1.54, 1.807) is 0 Å². The van der Waals surface area contributed by atoms with Crippen LogP contribution in [0.15, 0.2) is 54.6 Å². The molecule has 0 aliphatic carbocycles. The number of benzene rings is 2. The van der Waals surface area contributed by atoms with Gasteiger partial charge in [-0.3, -0.25) is 14.6 Å². The average molecular weight is 407 g/mol. The molecule has 0 bridgehead atoms. The first-order chi connectivity index (χ1) is 14.6. The van der Waals surface area contributed by atoms with Crippen LogP contribution in [0.5, 0.6) is 0 Å². The molecule has 2 aromatic carbocycles. The molecule has 0 radical (unpaired) electrons. The molecule has 2 heterocycles. The fourth-order valence-electron chi connectivity index (χ4n) is 4.52. The minimum absolute atomic E-state index is 0.0396. The molecule has 5 heteroatoms. The van der Waals surface area contributed by atoms with Crippen molar-refractivity contribution >= 4 is 11.6 Å². The summed E-state index contributed by atoms with van der Waals surface area (Å²) in [4.78, 5) is 20.1. The van der Waals surface area contributed by atoms with Crippen molar-refractivity contribution in [2.75, 3.05) is 44.2 Å². The van der Waals surface area contributed by atoms with E-state index in [2.05, 4.69) is 70.3 Å². The van der Waals surface area contributed by atoms with Crippen molar-refractivity contribution in [2.24, 2.45) is 0 Å². The molecule has 2 saturated heterocycles. The second-order valence-electron chi connectivity index (χ2n) is 8.84. The van der Waals surface area contributed by atoms with Gasteiger partial charge in [0.25, 0.3) is 5.91 Å². The molecule has 2 fully saturated rings. The maximum absolute atomic E-state index is 12.7. The first-order valence-electron chi connectivity index (χ1n) is 11.2. The number of carbonyl (C=O) groups is 1. The molecule has 1 unspecified atom stereocenters. The minimum Gasteiger partial charge on any atom is -0.369 e. The molecule has 160 valence electrons. The van der Waals surface area contributed by atoms with Crippen molar-refractivity contribution in [3.63, 3.8) is 0 Å². The lowest BCUT2D eigenvalue weighted by Gasteiger charge is -2.38. The normalized spacial score (nSPS) is 20.6. The lowest BCUT2D eigenvalue weighted by molar-refractivity contribution is 0.0937. The second-order valence-corrected chi connectivity index (χ2v) is 8.84. The van der Waals surface area contributed by atoms with Crippen LogP contribution in [-0.2, 0) is 6.54 Å². The number of rotatable bonds is 6. The van der Waals surface area contributed by atoms with Gasteiger partial charge in [-0.1, -0.05) is 30.3 Å². The Kier molecular flexibility index (Phi) is 6.70. The lowest BCUT2D eigenvalue weighted by Crippen LogP contribution is -2.48. The Labute approximate surface area is 180 Å². The summed E-state index contributed by atoms with van der Waals surface area (Å²) in [5.74, 6) is 0.0396. The molecule has 2 aliphatic heterocycles. The third-order valence-corrected chi connectivity index (χ3v) is 6.40. The van der Waals surface area contributed by atoms with Gasteiger partial charge in [-0.25, -0.2) is 0 Å². The first kappa shape index (κ1) is 20.9. The zero-order chi connectivity index (χ0) is 20.9. The number of amides is 1. The van der Waals surface area contributed by atoms with Crippen molar-refractivity contribution < 1.29 is 4.79 Å². The summed E-state index contributed by atoms with van der Waals surface area (Å²) in [7, 11) is 0. The van der Waals surface area contributed by atoms with Gasteiger partial charge in [-0.05, 0) is 50.1 Å². The number of likely N-dealkylation sites (tertiary alicyclic amines) is 1. The second kappa shape index (κ2) is 9.63. The molecule has 1 atom stereocenters. The molecular formula is C25H34N4O. The summed E-state index contributed by atoms with van der Waals surface area (Å²) in [5, 5.41) is 3.23. The molecule has 2 aliphatic rings. The predicted molar refractivity (Wildman–Crippen MR) is 123 cm³/mol. The van der Waals surface area contributed by atoms with Gasteiger partial charge in [0, 0.05) is 69.1 Å². The number of anilines is 1. The van der Waals surface area contributed by atoms with Crippen LogP contribution in [0.3, 0.4) is 0 Å². The Morgan fingerprint density at radius 3 is 2.33 bits per heavy atom. The summed E-state index contributed by atoms with van der Waals surface area (Å²) < 4.78 is 0. The highest BCUT2D eigenvalue weighted by atomic mass is 16.1. The monoisotopic (exact) mass is 406 g/mol. The van der Waals surface area contributed by atoms with Crippen molar-refractivity contribution in [1.82, 2.24) is 15.1 Å². The molecule has 1 amide bonds. The molecule has 4 rings (SSSR count). The van der Waals surface area contributed by atoms with Crippen molar-refractivity contribution in [1.29, 1.82) is 0 Å². The number of nitrogens with zero attached hydrogens (tertiary/aromatic N) is 3. The minimum atomic E-state index is 0.0396. The van der Waals surface area contributed by atoms with Gasteiger partial charge in [0.2, 0.25) is 0 Å². The Bertz CT molecular complexity index is 813. The average Bonchev–Trinajstić information content (AvgIpc) is 3.21. The molecule has 5 nitrogen and oxygen atoms in total. The topological polar surface area (TPSA) is 38.8 Å². The lowest BCUT2D eigenvalue weighted by atomic mass is 10.1.